The Morgan fingerprint density at radius 2 is 2.13 bits per heavy atom. The number of rotatable bonds is 5. The minimum Gasteiger partial charge on any atom is -0.378 e. The summed E-state index contributed by atoms with van der Waals surface area (Å²) in [6.07, 6.45) is 4.30. The van der Waals surface area contributed by atoms with E-state index in [1.54, 1.807) is 0 Å². The van der Waals surface area contributed by atoms with Crippen LogP contribution < -0.4 is 0 Å². The highest BCUT2D eigenvalue weighted by Crippen LogP contribution is 2.22. The Morgan fingerprint density at radius 1 is 1.40 bits per heavy atom. The Bertz CT molecular complexity index is 170. The lowest BCUT2D eigenvalue weighted by atomic mass is 9.94. The Morgan fingerprint density at radius 3 is 2.73 bits per heavy atom. The predicted molar refractivity (Wildman–Crippen MR) is 65.1 cm³/mol. The number of ether oxygens (including phenoxy) is 1. The van der Waals surface area contributed by atoms with Crippen molar-refractivity contribution in [3.8, 4) is 0 Å². The van der Waals surface area contributed by atoms with Gasteiger partial charge in [0.25, 0.3) is 0 Å². The molecule has 15 heavy (non-hydrogen) atoms. The van der Waals surface area contributed by atoms with E-state index in [4.69, 9.17) is 4.74 Å². The number of nitrogens with zero attached hydrogens (tertiary/aromatic N) is 1. The minimum atomic E-state index is 0.508. The second kappa shape index (κ2) is 6.49. The van der Waals surface area contributed by atoms with Crippen LogP contribution in [0.2, 0.25) is 0 Å². The van der Waals surface area contributed by atoms with Gasteiger partial charge >= 0.3 is 0 Å². The number of hydrogen-bond acceptors (Lipinski definition) is 2. The summed E-state index contributed by atoms with van der Waals surface area (Å²) in [5.41, 5.74) is 0. The van der Waals surface area contributed by atoms with Gasteiger partial charge in [-0.3, -0.25) is 0 Å². The third kappa shape index (κ3) is 4.98. The highest BCUT2D eigenvalue weighted by Gasteiger charge is 2.21. The van der Waals surface area contributed by atoms with Crippen molar-refractivity contribution in [2.24, 2.45) is 11.8 Å². The van der Waals surface area contributed by atoms with E-state index >= 15 is 0 Å². The monoisotopic (exact) mass is 213 g/mol. The topological polar surface area (TPSA) is 12.5 Å². The molecule has 2 unspecified atom stereocenters. The summed E-state index contributed by atoms with van der Waals surface area (Å²) in [5.74, 6) is 1.52. The fourth-order valence-electron chi connectivity index (χ4n) is 2.42. The normalized spacial score (nSPS) is 27.6. The van der Waals surface area contributed by atoms with Gasteiger partial charge in [-0.15, -0.1) is 0 Å². The summed E-state index contributed by atoms with van der Waals surface area (Å²) >= 11 is 0. The summed E-state index contributed by atoms with van der Waals surface area (Å²) in [6, 6.07) is 0. The first-order valence-corrected chi connectivity index (χ1v) is 6.39. The van der Waals surface area contributed by atoms with Crippen LogP contribution in [0.15, 0.2) is 0 Å². The van der Waals surface area contributed by atoms with Gasteiger partial charge in [0.05, 0.1) is 6.10 Å². The number of hydrogen-bond donors (Lipinski definition) is 0. The van der Waals surface area contributed by atoms with Crippen LogP contribution in [-0.2, 0) is 4.74 Å². The molecule has 1 heterocycles. The van der Waals surface area contributed by atoms with E-state index in [0.717, 1.165) is 18.4 Å². The summed E-state index contributed by atoms with van der Waals surface area (Å²) in [6.45, 7) is 10.2. The summed E-state index contributed by atoms with van der Waals surface area (Å²) < 4.78 is 5.82. The van der Waals surface area contributed by atoms with Crippen molar-refractivity contribution in [3.63, 3.8) is 0 Å². The lowest BCUT2D eigenvalue weighted by molar-refractivity contribution is -0.0285. The molecule has 0 aromatic carbocycles. The van der Waals surface area contributed by atoms with Gasteiger partial charge in [0.15, 0.2) is 0 Å². The molecule has 1 aliphatic rings. The maximum atomic E-state index is 5.82. The molecule has 0 aromatic heterocycles. The zero-order valence-corrected chi connectivity index (χ0v) is 10.8. The molecule has 1 fully saturated rings. The molecular weight excluding hydrogens is 186 g/mol. The first-order valence-electron chi connectivity index (χ1n) is 6.39. The summed E-state index contributed by atoms with van der Waals surface area (Å²) in [7, 11) is 2.22. The Balaban J connectivity index is 2.17. The second-order valence-corrected chi connectivity index (χ2v) is 5.47. The molecule has 0 aliphatic carbocycles. The van der Waals surface area contributed by atoms with Crippen LogP contribution in [0.25, 0.3) is 0 Å². The van der Waals surface area contributed by atoms with Crippen LogP contribution in [0.3, 0.4) is 0 Å². The summed E-state index contributed by atoms with van der Waals surface area (Å²) in [5, 5.41) is 0. The maximum Gasteiger partial charge on any atom is 0.0612 e. The van der Waals surface area contributed by atoms with Crippen molar-refractivity contribution in [1.82, 2.24) is 4.90 Å². The van der Waals surface area contributed by atoms with E-state index < -0.39 is 0 Å². The SMILES string of the molecule is CC(C)CN(C)CCC1OCCCC1C. The van der Waals surface area contributed by atoms with Crippen LogP contribution in [0.4, 0.5) is 0 Å². The van der Waals surface area contributed by atoms with Crippen molar-refractivity contribution < 1.29 is 4.74 Å². The van der Waals surface area contributed by atoms with Crippen LogP contribution in [0.5, 0.6) is 0 Å². The molecule has 2 nitrogen and oxygen atoms in total. The van der Waals surface area contributed by atoms with E-state index in [1.165, 1.54) is 32.4 Å². The van der Waals surface area contributed by atoms with Crippen molar-refractivity contribution in [2.75, 3.05) is 26.7 Å². The highest BCUT2D eigenvalue weighted by molar-refractivity contribution is 4.72. The van der Waals surface area contributed by atoms with Gasteiger partial charge in [0.1, 0.15) is 0 Å². The Hall–Kier alpha value is -0.0800. The molecule has 1 saturated heterocycles. The molecule has 2 heteroatoms. The van der Waals surface area contributed by atoms with Gasteiger partial charge in [-0.2, -0.15) is 0 Å². The molecule has 1 rings (SSSR count). The van der Waals surface area contributed by atoms with E-state index in [-0.39, 0.29) is 0 Å². The van der Waals surface area contributed by atoms with Crippen molar-refractivity contribution in [2.45, 2.75) is 46.1 Å². The lowest BCUT2D eigenvalue weighted by Gasteiger charge is -2.30. The molecular formula is C13H27NO. The zero-order chi connectivity index (χ0) is 11.3. The molecule has 0 N–H and O–H groups in total. The van der Waals surface area contributed by atoms with E-state index in [9.17, 15) is 0 Å². The molecule has 0 aromatic rings. The lowest BCUT2D eigenvalue weighted by Crippen LogP contribution is -2.33. The minimum absolute atomic E-state index is 0.508. The molecule has 0 radical (unpaired) electrons. The maximum absolute atomic E-state index is 5.82. The van der Waals surface area contributed by atoms with Crippen molar-refractivity contribution in [3.05, 3.63) is 0 Å². The van der Waals surface area contributed by atoms with Crippen LogP contribution in [0.1, 0.15) is 40.0 Å². The fourth-order valence-corrected chi connectivity index (χ4v) is 2.42. The molecule has 90 valence electrons. The largest absolute Gasteiger partial charge is 0.378 e. The van der Waals surface area contributed by atoms with E-state index in [2.05, 4.69) is 32.7 Å². The van der Waals surface area contributed by atoms with Gasteiger partial charge in [-0.1, -0.05) is 20.8 Å². The van der Waals surface area contributed by atoms with Crippen LogP contribution in [0, 0.1) is 11.8 Å². The summed E-state index contributed by atoms with van der Waals surface area (Å²) in [4.78, 5) is 2.43. The van der Waals surface area contributed by atoms with Crippen LogP contribution >= 0.6 is 0 Å². The third-order valence-electron chi connectivity index (χ3n) is 3.24. The molecule has 1 aliphatic heterocycles. The molecule has 0 amide bonds. The molecule has 0 spiro atoms. The molecule has 0 saturated carbocycles. The highest BCUT2D eigenvalue weighted by atomic mass is 16.5. The smallest absolute Gasteiger partial charge is 0.0612 e. The third-order valence-corrected chi connectivity index (χ3v) is 3.24. The first kappa shape index (κ1) is 13.0. The first-order chi connectivity index (χ1) is 7.09. The van der Waals surface area contributed by atoms with Crippen LogP contribution in [-0.4, -0.2) is 37.7 Å². The van der Waals surface area contributed by atoms with E-state index in [1.807, 2.05) is 0 Å². The Labute approximate surface area is 95.0 Å². The standard InChI is InChI=1S/C13H27NO/c1-11(2)10-14(4)8-7-13-12(3)6-5-9-15-13/h11-13H,5-10H2,1-4H3. The van der Waals surface area contributed by atoms with E-state index in [0.29, 0.717) is 6.10 Å². The van der Waals surface area contributed by atoms with Crippen molar-refractivity contribution in [1.29, 1.82) is 0 Å². The molecule has 2 atom stereocenters. The predicted octanol–water partition coefficient (Wildman–Crippen LogP) is 2.78. The van der Waals surface area contributed by atoms with Crippen molar-refractivity contribution >= 4 is 0 Å². The van der Waals surface area contributed by atoms with Gasteiger partial charge in [0, 0.05) is 19.7 Å². The van der Waals surface area contributed by atoms with Gasteiger partial charge in [-0.25, -0.2) is 0 Å². The van der Waals surface area contributed by atoms with Gasteiger partial charge < -0.3 is 9.64 Å². The van der Waals surface area contributed by atoms with Gasteiger partial charge in [-0.05, 0) is 38.1 Å². The fraction of sp³-hybridized carbons (Fsp3) is 1.00. The second-order valence-electron chi connectivity index (χ2n) is 5.47. The van der Waals surface area contributed by atoms with Gasteiger partial charge in [0.2, 0.25) is 0 Å². The average Bonchev–Trinajstić information content (AvgIpc) is 2.15. The average molecular weight is 213 g/mol. The quantitative estimate of drug-likeness (QED) is 0.696. The molecule has 0 bridgehead atoms. The zero-order valence-electron chi connectivity index (χ0n) is 10.8. The Kier molecular flexibility index (Phi) is 5.62.